The highest BCUT2D eigenvalue weighted by Crippen LogP contribution is 2.39. The summed E-state index contributed by atoms with van der Waals surface area (Å²) in [6.07, 6.45) is 0. The Balaban J connectivity index is 2.04. The van der Waals surface area contributed by atoms with Crippen LogP contribution in [0.4, 0.5) is 5.69 Å². The van der Waals surface area contributed by atoms with Crippen LogP contribution in [-0.4, -0.2) is 4.98 Å². The van der Waals surface area contributed by atoms with E-state index in [0.717, 1.165) is 26.3 Å². The normalized spacial score (nSPS) is 11.4. The summed E-state index contributed by atoms with van der Waals surface area (Å²) in [5.74, 6) is 0.533. The van der Waals surface area contributed by atoms with Gasteiger partial charge in [0.15, 0.2) is 5.58 Å². The minimum atomic E-state index is 0.533. The molecule has 0 spiro atoms. The van der Waals surface area contributed by atoms with Gasteiger partial charge in [0.05, 0.1) is 10.2 Å². The van der Waals surface area contributed by atoms with Crippen LogP contribution in [0.5, 0.6) is 0 Å². The van der Waals surface area contributed by atoms with Crippen molar-refractivity contribution in [1.29, 1.82) is 0 Å². The first-order chi connectivity index (χ1) is 11.1. The molecule has 0 aliphatic heterocycles. The van der Waals surface area contributed by atoms with Crippen molar-refractivity contribution in [3.05, 3.63) is 56.4 Å². The van der Waals surface area contributed by atoms with E-state index in [9.17, 15) is 0 Å². The molecule has 0 unspecified atom stereocenters. The maximum absolute atomic E-state index is 6.28. The third-order valence-electron chi connectivity index (χ3n) is 3.71. The Bertz CT molecular complexity index is 1080. The van der Waals surface area contributed by atoms with E-state index in [2.05, 4.69) is 36.8 Å². The van der Waals surface area contributed by atoms with Crippen molar-refractivity contribution in [2.24, 2.45) is 0 Å². The minimum Gasteiger partial charge on any atom is -0.435 e. The molecule has 0 aliphatic carbocycles. The Morgan fingerprint density at radius 3 is 2.61 bits per heavy atom. The van der Waals surface area contributed by atoms with Crippen LogP contribution in [0.15, 0.2) is 55.8 Å². The van der Waals surface area contributed by atoms with Gasteiger partial charge in [-0.15, -0.1) is 0 Å². The molecule has 0 amide bonds. The van der Waals surface area contributed by atoms with Crippen molar-refractivity contribution in [3.63, 3.8) is 0 Å². The van der Waals surface area contributed by atoms with Gasteiger partial charge in [-0.05, 0) is 55.4 Å². The highest BCUT2D eigenvalue weighted by atomic mass is 79.9. The summed E-state index contributed by atoms with van der Waals surface area (Å²) in [4.78, 5) is 4.60. The molecule has 0 bridgehead atoms. The molecule has 0 saturated carbocycles. The molecule has 2 N–H and O–H groups in total. The quantitative estimate of drug-likeness (QED) is 0.340. The predicted molar refractivity (Wildman–Crippen MR) is 102 cm³/mol. The zero-order chi connectivity index (χ0) is 16.1. The number of aromatic nitrogens is 1. The second-order valence-electron chi connectivity index (χ2n) is 5.09. The lowest BCUT2D eigenvalue weighted by atomic mass is 10.0. The van der Waals surface area contributed by atoms with Crippen LogP contribution in [-0.2, 0) is 0 Å². The van der Waals surface area contributed by atoms with Crippen LogP contribution in [0.1, 0.15) is 0 Å². The number of nitrogens with two attached hydrogens (primary N) is 1. The van der Waals surface area contributed by atoms with Gasteiger partial charge in [0, 0.05) is 20.4 Å². The topological polar surface area (TPSA) is 52.0 Å². The van der Waals surface area contributed by atoms with Crippen molar-refractivity contribution < 1.29 is 4.42 Å². The van der Waals surface area contributed by atoms with Crippen LogP contribution in [0.2, 0.25) is 5.02 Å². The molecule has 0 aliphatic rings. The number of hydrogen-bond donors (Lipinski definition) is 1. The van der Waals surface area contributed by atoms with Crippen molar-refractivity contribution in [2.45, 2.75) is 0 Å². The van der Waals surface area contributed by atoms with Gasteiger partial charge in [-0.25, -0.2) is 4.98 Å². The zero-order valence-electron chi connectivity index (χ0n) is 11.6. The first-order valence-electron chi connectivity index (χ1n) is 6.78. The van der Waals surface area contributed by atoms with Crippen LogP contribution >= 0.6 is 43.5 Å². The standard InChI is InChI=1S/C17H9Br2ClN2O/c18-11-7-13-16(14(19)15(11)21)23-17(22-13)10-5-1-4-9-8(10)3-2-6-12(9)20/h1-7H,21H2. The van der Waals surface area contributed by atoms with Gasteiger partial charge >= 0.3 is 0 Å². The highest BCUT2D eigenvalue weighted by molar-refractivity contribution is 9.11. The van der Waals surface area contributed by atoms with E-state index in [1.54, 1.807) is 0 Å². The lowest BCUT2D eigenvalue weighted by molar-refractivity contribution is 0.619. The summed E-state index contributed by atoms with van der Waals surface area (Å²) in [6, 6.07) is 13.5. The summed E-state index contributed by atoms with van der Waals surface area (Å²) in [5.41, 5.74) is 8.84. The van der Waals surface area contributed by atoms with E-state index >= 15 is 0 Å². The Hall–Kier alpha value is -1.56. The summed E-state index contributed by atoms with van der Waals surface area (Å²) >= 11 is 13.2. The number of nitrogen functional groups attached to an aromatic ring is 1. The largest absolute Gasteiger partial charge is 0.435 e. The molecular formula is C17H9Br2ClN2O. The number of hydrogen-bond acceptors (Lipinski definition) is 3. The fraction of sp³-hybridized carbons (Fsp3) is 0. The van der Waals surface area contributed by atoms with E-state index in [4.69, 9.17) is 21.8 Å². The molecule has 3 nitrogen and oxygen atoms in total. The molecule has 4 rings (SSSR count). The SMILES string of the molecule is Nc1c(Br)cc2nc(-c3cccc4c(Cl)cccc34)oc2c1Br. The second kappa shape index (κ2) is 5.51. The van der Waals surface area contributed by atoms with Gasteiger partial charge in [0.2, 0.25) is 5.89 Å². The monoisotopic (exact) mass is 450 g/mol. The number of oxazole rings is 1. The highest BCUT2D eigenvalue weighted by Gasteiger charge is 2.16. The first kappa shape index (κ1) is 15.0. The number of fused-ring (bicyclic) bond motifs is 2. The molecule has 114 valence electrons. The summed E-state index contributed by atoms with van der Waals surface area (Å²) in [5, 5.41) is 2.66. The van der Waals surface area contributed by atoms with E-state index in [1.165, 1.54) is 0 Å². The van der Waals surface area contributed by atoms with Crippen LogP contribution in [0.25, 0.3) is 33.3 Å². The van der Waals surface area contributed by atoms with E-state index in [0.29, 0.717) is 26.7 Å². The Morgan fingerprint density at radius 2 is 1.78 bits per heavy atom. The summed E-state index contributed by atoms with van der Waals surface area (Å²) < 4.78 is 7.44. The van der Waals surface area contributed by atoms with Crippen molar-refractivity contribution in [3.8, 4) is 11.5 Å². The van der Waals surface area contributed by atoms with Gasteiger partial charge < -0.3 is 10.2 Å². The molecule has 1 heterocycles. The van der Waals surface area contributed by atoms with Crippen molar-refractivity contribution in [1.82, 2.24) is 4.98 Å². The van der Waals surface area contributed by atoms with Gasteiger partial charge in [0.25, 0.3) is 0 Å². The minimum absolute atomic E-state index is 0.533. The number of benzene rings is 3. The lowest BCUT2D eigenvalue weighted by Crippen LogP contribution is -1.88. The molecule has 3 aromatic carbocycles. The first-order valence-corrected chi connectivity index (χ1v) is 8.74. The fourth-order valence-electron chi connectivity index (χ4n) is 2.59. The van der Waals surface area contributed by atoms with Gasteiger partial charge in [0.1, 0.15) is 5.52 Å². The van der Waals surface area contributed by atoms with E-state index < -0.39 is 0 Å². The number of anilines is 1. The molecule has 6 heteroatoms. The van der Waals surface area contributed by atoms with Gasteiger partial charge in [-0.3, -0.25) is 0 Å². The molecular weight excluding hydrogens is 443 g/mol. The second-order valence-corrected chi connectivity index (χ2v) is 7.15. The van der Waals surface area contributed by atoms with Crippen LogP contribution < -0.4 is 5.73 Å². The number of halogens is 3. The Morgan fingerprint density at radius 1 is 1.04 bits per heavy atom. The molecule has 0 atom stereocenters. The smallest absolute Gasteiger partial charge is 0.228 e. The Labute approximate surface area is 153 Å². The molecule has 0 radical (unpaired) electrons. The average molecular weight is 453 g/mol. The predicted octanol–water partition coefficient (Wildman–Crippen LogP) is 6.41. The van der Waals surface area contributed by atoms with Gasteiger partial charge in [-0.1, -0.05) is 35.9 Å². The average Bonchev–Trinajstić information content (AvgIpc) is 2.96. The lowest BCUT2D eigenvalue weighted by Gasteiger charge is -2.04. The van der Waals surface area contributed by atoms with Crippen molar-refractivity contribution in [2.75, 3.05) is 5.73 Å². The molecule has 0 fully saturated rings. The van der Waals surface area contributed by atoms with E-state index in [1.807, 2.05) is 42.5 Å². The maximum Gasteiger partial charge on any atom is 0.228 e. The van der Waals surface area contributed by atoms with Gasteiger partial charge in [-0.2, -0.15) is 0 Å². The Kier molecular flexibility index (Phi) is 3.59. The maximum atomic E-state index is 6.28. The number of nitrogens with zero attached hydrogens (tertiary/aromatic N) is 1. The zero-order valence-corrected chi connectivity index (χ0v) is 15.5. The summed E-state index contributed by atoms with van der Waals surface area (Å²) in [7, 11) is 0. The van der Waals surface area contributed by atoms with Crippen LogP contribution in [0.3, 0.4) is 0 Å². The molecule has 1 aromatic heterocycles. The molecule has 23 heavy (non-hydrogen) atoms. The van der Waals surface area contributed by atoms with E-state index in [-0.39, 0.29) is 0 Å². The fourth-order valence-corrected chi connectivity index (χ4v) is 4.00. The third-order valence-corrected chi connectivity index (χ3v) is 5.48. The van der Waals surface area contributed by atoms with Crippen molar-refractivity contribution >= 4 is 71.0 Å². The molecule has 4 aromatic rings. The molecule has 0 saturated heterocycles. The summed E-state index contributed by atoms with van der Waals surface area (Å²) in [6.45, 7) is 0. The van der Waals surface area contributed by atoms with Crippen LogP contribution in [0, 0.1) is 0 Å². The number of rotatable bonds is 1. The third kappa shape index (κ3) is 2.35.